The van der Waals surface area contributed by atoms with Gasteiger partial charge >= 0.3 is 0 Å². The normalized spacial score (nSPS) is 14.1. The second kappa shape index (κ2) is 3.86. The zero-order chi connectivity index (χ0) is 11.6. The second-order valence-corrected chi connectivity index (χ2v) is 4.01. The molecule has 0 fully saturated rings. The van der Waals surface area contributed by atoms with Gasteiger partial charge in [0.15, 0.2) is 0 Å². The van der Waals surface area contributed by atoms with E-state index in [1.165, 1.54) is 0 Å². The molecule has 0 aliphatic rings. The zero-order valence-electron chi connectivity index (χ0n) is 9.40. The van der Waals surface area contributed by atoms with Crippen LogP contribution in [0.2, 0.25) is 0 Å². The molecule has 1 heterocycles. The van der Waals surface area contributed by atoms with Gasteiger partial charge in [-0.25, -0.2) is 0 Å². The van der Waals surface area contributed by atoms with Crippen LogP contribution in [0.1, 0.15) is 24.0 Å². The molecule has 1 unspecified atom stereocenters. The number of nitrogens with zero attached hydrogens (tertiary/aromatic N) is 1. The van der Waals surface area contributed by atoms with E-state index in [1.54, 1.807) is 0 Å². The van der Waals surface area contributed by atoms with Gasteiger partial charge in [0.05, 0.1) is 6.07 Å². The maximum absolute atomic E-state index is 9.39. The van der Waals surface area contributed by atoms with Crippen LogP contribution in [0, 0.1) is 18.3 Å². The Morgan fingerprint density at radius 3 is 2.31 bits per heavy atom. The van der Waals surface area contributed by atoms with Crippen molar-refractivity contribution in [2.45, 2.75) is 19.3 Å². The summed E-state index contributed by atoms with van der Waals surface area (Å²) in [6.45, 7) is 3.76. The fraction of sp³-hybridized carbons (Fsp3) is 0.214. The van der Waals surface area contributed by atoms with Crippen molar-refractivity contribution in [3.8, 4) is 6.07 Å². The van der Waals surface area contributed by atoms with Crippen LogP contribution < -0.4 is 0 Å². The average molecular weight is 211 g/mol. The van der Waals surface area contributed by atoms with E-state index in [4.69, 9.17) is 4.42 Å². The van der Waals surface area contributed by atoms with Crippen molar-refractivity contribution < 1.29 is 4.42 Å². The van der Waals surface area contributed by atoms with Crippen LogP contribution in [-0.4, -0.2) is 0 Å². The molecule has 0 radical (unpaired) electrons. The minimum absolute atomic E-state index is 0.693. The van der Waals surface area contributed by atoms with Crippen molar-refractivity contribution in [2.24, 2.45) is 0 Å². The van der Waals surface area contributed by atoms with Gasteiger partial charge in [0.2, 0.25) is 0 Å². The monoisotopic (exact) mass is 211 g/mol. The second-order valence-electron chi connectivity index (χ2n) is 4.01. The molecule has 2 nitrogen and oxygen atoms in total. The Hall–Kier alpha value is -2.01. The summed E-state index contributed by atoms with van der Waals surface area (Å²) in [7, 11) is 0. The fourth-order valence-electron chi connectivity index (χ4n) is 1.74. The lowest BCUT2D eigenvalue weighted by atomic mass is 9.82. The Bertz CT molecular complexity index is 521. The maximum Gasteiger partial charge on any atom is 0.137 e. The summed E-state index contributed by atoms with van der Waals surface area (Å²) in [4.78, 5) is 0. The summed E-state index contributed by atoms with van der Waals surface area (Å²) in [5.74, 6) is 1.52. The van der Waals surface area contributed by atoms with Crippen LogP contribution in [0.4, 0.5) is 0 Å². The van der Waals surface area contributed by atoms with Gasteiger partial charge in [-0.15, -0.1) is 0 Å². The van der Waals surface area contributed by atoms with Gasteiger partial charge < -0.3 is 4.42 Å². The molecule has 0 aliphatic carbocycles. The lowest BCUT2D eigenvalue weighted by molar-refractivity contribution is 0.439. The molecule has 0 amide bonds. The van der Waals surface area contributed by atoms with E-state index in [0.717, 1.165) is 11.3 Å². The summed E-state index contributed by atoms with van der Waals surface area (Å²) >= 11 is 0. The van der Waals surface area contributed by atoms with Crippen LogP contribution >= 0.6 is 0 Å². The zero-order valence-corrected chi connectivity index (χ0v) is 9.40. The Kier molecular flexibility index (Phi) is 2.54. The Morgan fingerprint density at radius 1 is 1.12 bits per heavy atom. The molecule has 80 valence electrons. The number of nitriles is 1. The summed E-state index contributed by atoms with van der Waals surface area (Å²) < 4.78 is 5.57. The van der Waals surface area contributed by atoms with Gasteiger partial charge in [-0.2, -0.15) is 5.26 Å². The largest absolute Gasteiger partial charge is 0.464 e. The highest BCUT2D eigenvalue weighted by Gasteiger charge is 2.31. The first-order valence-corrected chi connectivity index (χ1v) is 5.20. The molecule has 2 aromatic rings. The molecular formula is C14H13NO. The minimum Gasteiger partial charge on any atom is -0.464 e. The SMILES string of the molecule is Cc1ccc(C(C)(C#N)c2ccccc2)o1. The van der Waals surface area contributed by atoms with E-state index in [0.29, 0.717) is 5.76 Å². The van der Waals surface area contributed by atoms with Crippen LogP contribution in [0.3, 0.4) is 0 Å². The third kappa shape index (κ3) is 1.61. The summed E-state index contributed by atoms with van der Waals surface area (Å²) in [5.41, 5.74) is 0.238. The third-order valence-electron chi connectivity index (χ3n) is 2.81. The van der Waals surface area contributed by atoms with E-state index in [-0.39, 0.29) is 0 Å². The Balaban J connectivity index is 2.53. The summed E-state index contributed by atoms with van der Waals surface area (Å²) in [5, 5.41) is 9.39. The van der Waals surface area contributed by atoms with Gasteiger partial charge in [0.1, 0.15) is 16.9 Å². The molecule has 1 aromatic carbocycles. The highest BCUT2D eigenvalue weighted by atomic mass is 16.3. The molecule has 0 aliphatic heterocycles. The predicted octanol–water partition coefficient (Wildman–Crippen LogP) is 3.42. The van der Waals surface area contributed by atoms with Gasteiger partial charge in [-0.3, -0.25) is 0 Å². The first-order chi connectivity index (χ1) is 7.66. The number of hydrogen-bond donors (Lipinski definition) is 0. The van der Waals surface area contributed by atoms with Gasteiger partial charge in [0.25, 0.3) is 0 Å². The van der Waals surface area contributed by atoms with Crippen molar-refractivity contribution in [3.05, 3.63) is 59.5 Å². The molecule has 1 atom stereocenters. The van der Waals surface area contributed by atoms with Crippen molar-refractivity contribution in [2.75, 3.05) is 0 Å². The highest BCUT2D eigenvalue weighted by molar-refractivity contribution is 5.40. The number of aryl methyl sites for hydroxylation is 1. The fourth-order valence-corrected chi connectivity index (χ4v) is 1.74. The summed E-state index contributed by atoms with van der Waals surface area (Å²) in [6, 6.07) is 15.8. The van der Waals surface area contributed by atoms with E-state index in [2.05, 4.69) is 6.07 Å². The van der Waals surface area contributed by atoms with Crippen LogP contribution in [-0.2, 0) is 5.41 Å². The van der Waals surface area contributed by atoms with Crippen molar-refractivity contribution in [1.82, 2.24) is 0 Å². The van der Waals surface area contributed by atoms with Crippen LogP contribution in [0.15, 0.2) is 46.9 Å². The van der Waals surface area contributed by atoms with Gasteiger partial charge in [-0.05, 0) is 31.5 Å². The molecule has 2 rings (SSSR count). The van der Waals surface area contributed by atoms with Crippen LogP contribution in [0.5, 0.6) is 0 Å². The quantitative estimate of drug-likeness (QED) is 0.763. The lowest BCUT2D eigenvalue weighted by Crippen LogP contribution is -2.20. The van der Waals surface area contributed by atoms with Crippen molar-refractivity contribution in [3.63, 3.8) is 0 Å². The first-order valence-electron chi connectivity index (χ1n) is 5.20. The molecule has 0 saturated heterocycles. The third-order valence-corrected chi connectivity index (χ3v) is 2.81. The minimum atomic E-state index is -0.713. The number of hydrogen-bond acceptors (Lipinski definition) is 2. The molecule has 0 bridgehead atoms. The Morgan fingerprint density at radius 2 is 1.81 bits per heavy atom. The molecule has 2 heteroatoms. The summed E-state index contributed by atoms with van der Waals surface area (Å²) in [6.07, 6.45) is 0. The van der Waals surface area contributed by atoms with E-state index in [1.807, 2.05) is 56.3 Å². The van der Waals surface area contributed by atoms with E-state index in [9.17, 15) is 5.26 Å². The number of furan rings is 1. The van der Waals surface area contributed by atoms with Crippen molar-refractivity contribution in [1.29, 1.82) is 5.26 Å². The smallest absolute Gasteiger partial charge is 0.137 e. The number of benzene rings is 1. The maximum atomic E-state index is 9.39. The van der Waals surface area contributed by atoms with Gasteiger partial charge in [-0.1, -0.05) is 30.3 Å². The average Bonchev–Trinajstić information content (AvgIpc) is 2.76. The molecule has 0 saturated carbocycles. The lowest BCUT2D eigenvalue weighted by Gasteiger charge is -2.19. The predicted molar refractivity (Wildman–Crippen MR) is 62.0 cm³/mol. The molecule has 0 spiro atoms. The topological polar surface area (TPSA) is 36.9 Å². The molecule has 0 N–H and O–H groups in total. The highest BCUT2D eigenvalue weighted by Crippen LogP contribution is 2.32. The molecular weight excluding hydrogens is 198 g/mol. The van der Waals surface area contributed by atoms with Gasteiger partial charge in [0, 0.05) is 0 Å². The van der Waals surface area contributed by atoms with Crippen molar-refractivity contribution >= 4 is 0 Å². The van der Waals surface area contributed by atoms with Crippen LogP contribution in [0.25, 0.3) is 0 Å². The standard InChI is InChI=1S/C14H13NO/c1-11-8-9-13(16-11)14(2,10-15)12-6-4-3-5-7-12/h3-9H,1-2H3. The first kappa shape index (κ1) is 10.5. The number of rotatable bonds is 2. The Labute approximate surface area is 95.1 Å². The molecule has 16 heavy (non-hydrogen) atoms. The van der Waals surface area contributed by atoms with E-state index >= 15 is 0 Å². The molecule has 1 aromatic heterocycles. The van der Waals surface area contributed by atoms with E-state index < -0.39 is 5.41 Å².